The molecule has 2 rings (SSSR count). The van der Waals surface area contributed by atoms with Gasteiger partial charge in [0.05, 0.1) is 5.69 Å². The Balaban J connectivity index is 2.21. The lowest BCUT2D eigenvalue weighted by atomic mass is 10.1. The van der Waals surface area contributed by atoms with E-state index in [-0.39, 0.29) is 11.5 Å². The van der Waals surface area contributed by atoms with Crippen LogP contribution in [0, 0.1) is 0 Å². The van der Waals surface area contributed by atoms with Crippen LogP contribution < -0.4 is 4.18 Å². The summed E-state index contributed by atoms with van der Waals surface area (Å²) in [5.41, 5.74) is 1.88. The van der Waals surface area contributed by atoms with Crippen molar-refractivity contribution in [3.05, 3.63) is 53.6 Å². The summed E-state index contributed by atoms with van der Waals surface area (Å²) in [7, 11) is -1.15. The van der Waals surface area contributed by atoms with Gasteiger partial charge in [0.1, 0.15) is 5.75 Å². The summed E-state index contributed by atoms with van der Waals surface area (Å²) < 4.78 is 35.1. The van der Waals surface area contributed by atoms with Crippen LogP contribution in [-0.2, 0) is 10.4 Å². The topological polar surface area (TPSA) is 112 Å². The van der Waals surface area contributed by atoms with Crippen LogP contribution in [0.2, 0.25) is 0 Å². The van der Waals surface area contributed by atoms with E-state index < -0.39 is 10.4 Å². The molecule has 0 unspecified atom stereocenters. The largest absolute Gasteiger partial charge is 0.508 e. The summed E-state index contributed by atoms with van der Waals surface area (Å²) in [6.07, 6.45) is 3.31. The minimum absolute atomic E-state index is 0.185. The second-order valence-electron chi connectivity index (χ2n) is 5.19. The summed E-state index contributed by atoms with van der Waals surface area (Å²) in [4.78, 5) is 0. The van der Waals surface area contributed by atoms with Gasteiger partial charge in [-0.25, -0.2) is 0 Å². The molecule has 0 bridgehead atoms. The van der Waals surface area contributed by atoms with Crippen LogP contribution in [0.3, 0.4) is 0 Å². The van der Waals surface area contributed by atoms with Crippen LogP contribution in [0.15, 0.2) is 52.8 Å². The molecule has 0 heterocycles. The predicted octanol–water partition coefficient (Wildman–Crippen LogP) is 3.30. The number of nitrogens with zero attached hydrogens (tertiary/aromatic N) is 3. The molecule has 25 heavy (non-hydrogen) atoms. The van der Waals surface area contributed by atoms with Gasteiger partial charge in [-0.1, -0.05) is 29.5 Å². The van der Waals surface area contributed by atoms with Crippen LogP contribution in [0.4, 0.5) is 5.69 Å². The molecule has 0 aliphatic rings. The van der Waals surface area contributed by atoms with Crippen molar-refractivity contribution in [1.29, 1.82) is 0 Å². The van der Waals surface area contributed by atoms with Gasteiger partial charge < -0.3 is 9.29 Å². The molecular weight excluding hydrogens is 346 g/mol. The summed E-state index contributed by atoms with van der Waals surface area (Å²) in [6.45, 7) is 0. The van der Waals surface area contributed by atoms with E-state index in [4.69, 9.17) is 4.55 Å². The molecule has 0 aliphatic heterocycles. The maximum atomic E-state index is 10.9. The standard InChI is InChI=1S/C16H17N3O5S/c1-19(2)18-17-14-8-4-12(5-9-14)3-6-13-7-10-15(20)11-16(13)24-25(21,22)23/h3-11,20H,1-2H3,(H,21,22,23). The smallest absolute Gasteiger partial charge is 0.446 e. The Bertz CT molecular complexity index is 890. The Morgan fingerprint density at radius 2 is 1.76 bits per heavy atom. The highest BCUT2D eigenvalue weighted by Gasteiger charge is 2.11. The van der Waals surface area contributed by atoms with E-state index >= 15 is 0 Å². The summed E-state index contributed by atoms with van der Waals surface area (Å²) >= 11 is 0. The molecule has 0 aromatic heterocycles. The van der Waals surface area contributed by atoms with Crippen molar-refractivity contribution in [2.24, 2.45) is 10.3 Å². The lowest BCUT2D eigenvalue weighted by Crippen LogP contribution is -2.07. The van der Waals surface area contributed by atoms with Crippen LogP contribution in [0.25, 0.3) is 12.2 Å². The molecule has 132 valence electrons. The minimum atomic E-state index is -4.69. The lowest BCUT2D eigenvalue weighted by molar-refractivity contribution is 0.385. The zero-order chi connectivity index (χ0) is 18.4. The Hall–Kier alpha value is -2.91. The van der Waals surface area contributed by atoms with Crippen LogP contribution >= 0.6 is 0 Å². The Kier molecular flexibility index (Phi) is 5.73. The number of hydrogen-bond acceptors (Lipinski definition) is 6. The maximum Gasteiger partial charge on any atom is 0.446 e. The van der Waals surface area contributed by atoms with E-state index in [1.165, 1.54) is 12.1 Å². The number of phenolic OH excluding ortho intramolecular Hbond substituents is 1. The highest BCUT2D eigenvalue weighted by Crippen LogP contribution is 2.27. The average molecular weight is 363 g/mol. The van der Waals surface area contributed by atoms with E-state index in [2.05, 4.69) is 14.5 Å². The van der Waals surface area contributed by atoms with Gasteiger partial charge in [-0.3, -0.25) is 9.56 Å². The fourth-order valence-electron chi connectivity index (χ4n) is 1.83. The van der Waals surface area contributed by atoms with Gasteiger partial charge in [0.15, 0.2) is 5.75 Å². The minimum Gasteiger partial charge on any atom is -0.508 e. The quantitative estimate of drug-likeness (QED) is 0.352. The molecule has 0 atom stereocenters. The van der Waals surface area contributed by atoms with Gasteiger partial charge in [-0.2, -0.15) is 8.42 Å². The molecular formula is C16H17N3O5S. The van der Waals surface area contributed by atoms with Crippen molar-refractivity contribution in [2.75, 3.05) is 14.1 Å². The van der Waals surface area contributed by atoms with Gasteiger partial charge in [0.25, 0.3) is 0 Å². The molecule has 0 aliphatic carbocycles. The van der Waals surface area contributed by atoms with Crippen molar-refractivity contribution >= 4 is 28.2 Å². The molecule has 9 heteroatoms. The molecule has 0 radical (unpaired) electrons. The van der Waals surface area contributed by atoms with Gasteiger partial charge in [0, 0.05) is 25.7 Å². The van der Waals surface area contributed by atoms with E-state index in [1.807, 2.05) is 12.1 Å². The Morgan fingerprint density at radius 3 is 2.36 bits per heavy atom. The normalized spacial score (nSPS) is 12.0. The first kappa shape index (κ1) is 18.4. The first-order chi connectivity index (χ1) is 11.7. The fraction of sp³-hybridized carbons (Fsp3) is 0.125. The number of aromatic hydroxyl groups is 1. The first-order valence-electron chi connectivity index (χ1n) is 7.10. The van der Waals surface area contributed by atoms with Gasteiger partial charge in [0.2, 0.25) is 0 Å². The summed E-state index contributed by atoms with van der Waals surface area (Å²) in [6, 6.07) is 11.1. The molecule has 0 saturated heterocycles. The van der Waals surface area contributed by atoms with E-state index in [1.54, 1.807) is 43.4 Å². The van der Waals surface area contributed by atoms with Gasteiger partial charge >= 0.3 is 10.4 Å². The second kappa shape index (κ2) is 7.77. The van der Waals surface area contributed by atoms with Crippen LogP contribution in [-0.4, -0.2) is 37.2 Å². The molecule has 0 amide bonds. The lowest BCUT2D eigenvalue weighted by Gasteiger charge is -2.06. The third-order valence-electron chi connectivity index (χ3n) is 2.88. The first-order valence-corrected chi connectivity index (χ1v) is 8.46. The molecule has 0 saturated carbocycles. The van der Waals surface area contributed by atoms with Crippen molar-refractivity contribution < 1.29 is 22.3 Å². The van der Waals surface area contributed by atoms with Crippen molar-refractivity contribution in [3.63, 3.8) is 0 Å². The monoisotopic (exact) mass is 363 g/mol. The van der Waals surface area contributed by atoms with E-state index in [0.717, 1.165) is 11.6 Å². The van der Waals surface area contributed by atoms with E-state index in [0.29, 0.717) is 11.3 Å². The third-order valence-corrected chi connectivity index (χ3v) is 3.27. The highest BCUT2D eigenvalue weighted by molar-refractivity contribution is 7.81. The third kappa shape index (κ3) is 6.24. The molecule has 2 N–H and O–H groups in total. The summed E-state index contributed by atoms with van der Waals surface area (Å²) in [5, 5.41) is 18.9. The SMILES string of the molecule is CN(C)N=Nc1ccc(C=Cc2ccc(O)cc2OS(=O)(=O)O)cc1. The fourth-order valence-corrected chi connectivity index (χ4v) is 2.20. The van der Waals surface area contributed by atoms with Crippen molar-refractivity contribution in [1.82, 2.24) is 5.01 Å². The number of benzene rings is 2. The van der Waals surface area contributed by atoms with Crippen molar-refractivity contribution in [3.8, 4) is 11.5 Å². The van der Waals surface area contributed by atoms with Gasteiger partial charge in [-0.15, -0.1) is 5.11 Å². The zero-order valence-corrected chi connectivity index (χ0v) is 14.4. The zero-order valence-electron chi connectivity index (χ0n) is 13.6. The Labute approximate surface area is 145 Å². The number of phenols is 1. The second-order valence-corrected chi connectivity index (χ2v) is 6.22. The molecule has 2 aromatic rings. The van der Waals surface area contributed by atoms with Gasteiger partial charge in [-0.05, 0) is 29.8 Å². The molecule has 0 fully saturated rings. The molecule has 2 aromatic carbocycles. The maximum absolute atomic E-state index is 10.9. The van der Waals surface area contributed by atoms with Crippen molar-refractivity contribution in [2.45, 2.75) is 0 Å². The molecule has 0 spiro atoms. The Morgan fingerprint density at radius 1 is 1.08 bits per heavy atom. The van der Waals surface area contributed by atoms with Crippen LogP contribution in [0.5, 0.6) is 11.5 Å². The predicted molar refractivity (Wildman–Crippen MR) is 93.9 cm³/mol. The number of hydrogen-bond donors (Lipinski definition) is 2. The summed E-state index contributed by atoms with van der Waals surface area (Å²) in [5.74, 6) is -0.374. The molecule has 8 nitrogen and oxygen atoms in total. The van der Waals surface area contributed by atoms with Crippen LogP contribution in [0.1, 0.15) is 11.1 Å². The number of rotatable bonds is 6. The van der Waals surface area contributed by atoms with E-state index in [9.17, 15) is 13.5 Å². The highest BCUT2D eigenvalue weighted by atomic mass is 32.3. The average Bonchev–Trinajstić information content (AvgIpc) is 2.51.